The van der Waals surface area contributed by atoms with Gasteiger partial charge in [-0.2, -0.15) is 0 Å². The summed E-state index contributed by atoms with van der Waals surface area (Å²) in [5.74, 6) is -0.0523. The van der Waals surface area contributed by atoms with Crippen molar-refractivity contribution in [2.75, 3.05) is 0 Å². The Labute approximate surface area is 124 Å². The Morgan fingerprint density at radius 3 is 2.20 bits per heavy atom. The number of hydrogen-bond donors (Lipinski definition) is 0. The van der Waals surface area contributed by atoms with Crippen LogP contribution in [0.1, 0.15) is 15.9 Å². The monoisotopic (exact) mass is 328 g/mol. The van der Waals surface area contributed by atoms with Crippen LogP contribution in [0.4, 0.5) is 0 Å². The van der Waals surface area contributed by atoms with Gasteiger partial charge in [0, 0.05) is 21.7 Å². The van der Waals surface area contributed by atoms with Gasteiger partial charge in [0.05, 0.1) is 0 Å². The van der Waals surface area contributed by atoms with Crippen LogP contribution in [-0.4, -0.2) is 11.6 Å². The average Bonchev–Trinajstić information content (AvgIpc) is 2.47. The van der Waals surface area contributed by atoms with E-state index in [0.29, 0.717) is 22.6 Å². The van der Waals surface area contributed by atoms with Gasteiger partial charge in [-0.3, -0.25) is 9.59 Å². The standard InChI is InChI=1S/C16H9BrO3/c17-10-5-7-11(8-6-10)20-15-9-14(18)16(19)13-4-2-1-3-12(13)15/h1-9H. The number of carbonyl (C=O) groups excluding carboxylic acids is 2. The fourth-order valence-corrected chi connectivity index (χ4v) is 2.27. The quantitative estimate of drug-likeness (QED) is 0.790. The average molecular weight is 329 g/mol. The number of ketones is 2. The molecule has 0 saturated heterocycles. The van der Waals surface area contributed by atoms with Crippen molar-refractivity contribution in [3.8, 4) is 5.75 Å². The van der Waals surface area contributed by atoms with E-state index >= 15 is 0 Å². The van der Waals surface area contributed by atoms with Crippen LogP contribution in [0, 0.1) is 0 Å². The lowest BCUT2D eigenvalue weighted by atomic mass is 9.94. The van der Waals surface area contributed by atoms with E-state index in [2.05, 4.69) is 15.9 Å². The van der Waals surface area contributed by atoms with Crippen LogP contribution in [0.3, 0.4) is 0 Å². The van der Waals surface area contributed by atoms with Gasteiger partial charge < -0.3 is 4.74 Å². The third kappa shape index (κ3) is 2.30. The van der Waals surface area contributed by atoms with Crippen molar-refractivity contribution in [1.82, 2.24) is 0 Å². The van der Waals surface area contributed by atoms with Crippen LogP contribution in [0.15, 0.2) is 59.1 Å². The number of benzene rings is 2. The van der Waals surface area contributed by atoms with Crippen molar-refractivity contribution >= 4 is 33.3 Å². The summed E-state index contributed by atoms with van der Waals surface area (Å²) in [6, 6.07) is 14.2. The van der Waals surface area contributed by atoms with E-state index < -0.39 is 11.6 Å². The van der Waals surface area contributed by atoms with Gasteiger partial charge in [-0.25, -0.2) is 0 Å². The van der Waals surface area contributed by atoms with E-state index in [9.17, 15) is 9.59 Å². The number of hydrogen-bond acceptors (Lipinski definition) is 3. The summed E-state index contributed by atoms with van der Waals surface area (Å²) in [6.07, 6.45) is 1.24. The van der Waals surface area contributed by atoms with Crippen LogP contribution < -0.4 is 4.74 Å². The topological polar surface area (TPSA) is 43.4 Å². The molecule has 2 aromatic rings. The Morgan fingerprint density at radius 1 is 0.850 bits per heavy atom. The van der Waals surface area contributed by atoms with Gasteiger partial charge in [0.2, 0.25) is 11.6 Å². The smallest absolute Gasteiger partial charge is 0.233 e. The first-order chi connectivity index (χ1) is 9.65. The molecule has 0 unspecified atom stereocenters. The maximum absolute atomic E-state index is 11.8. The highest BCUT2D eigenvalue weighted by Gasteiger charge is 2.26. The molecule has 3 nitrogen and oxygen atoms in total. The zero-order valence-corrected chi connectivity index (χ0v) is 11.9. The molecule has 0 saturated carbocycles. The maximum atomic E-state index is 11.8. The third-order valence-corrected chi connectivity index (χ3v) is 3.49. The molecule has 0 amide bonds. The number of carbonyl (C=O) groups is 2. The highest BCUT2D eigenvalue weighted by Crippen LogP contribution is 2.28. The van der Waals surface area contributed by atoms with Crippen LogP contribution >= 0.6 is 15.9 Å². The fraction of sp³-hybridized carbons (Fsp3) is 0. The molecule has 1 aliphatic carbocycles. The second-order valence-corrected chi connectivity index (χ2v) is 5.22. The summed E-state index contributed by atoms with van der Waals surface area (Å²) >= 11 is 3.34. The van der Waals surface area contributed by atoms with Gasteiger partial charge in [-0.15, -0.1) is 0 Å². The van der Waals surface area contributed by atoms with Crippen molar-refractivity contribution in [3.63, 3.8) is 0 Å². The number of halogens is 1. The molecule has 0 N–H and O–H groups in total. The van der Waals surface area contributed by atoms with E-state index in [1.807, 2.05) is 12.1 Å². The molecular weight excluding hydrogens is 320 g/mol. The Kier molecular flexibility index (Phi) is 3.24. The molecule has 0 atom stereocenters. The Bertz CT molecular complexity index is 730. The number of ether oxygens (including phenoxy) is 1. The summed E-state index contributed by atoms with van der Waals surface area (Å²) in [5, 5.41) is 0. The minimum Gasteiger partial charge on any atom is -0.457 e. The van der Waals surface area contributed by atoms with E-state index in [1.54, 1.807) is 36.4 Å². The lowest BCUT2D eigenvalue weighted by molar-refractivity contribution is -0.111. The molecule has 0 heterocycles. The zero-order valence-electron chi connectivity index (χ0n) is 10.3. The largest absolute Gasteiger partial charge is 0.457 e. The molecule has 1 aliphatic rings. The van der Waals surface area contributed by atoms with Crippen LogP contribution in [0.5, 0.6) is 5.75 Å². The second-order valence-electron chi connectivity index (χ2n) is 4.30. The van der Waals surface area contributed by atoms with Gasteiger partial charge in [0.15, 0.2) is 0 Å². The van der Waals surface area contributed by atoms with Crippen LogP contribution in [-0.2, 0) is 4.79 Å². The highest BCUT2D eigenvalue weighted by atomic mass is 79.9. The van der Waals surface area contributed by atoms with Crippen molar-refractivity contribution < 1.29 is 14.3 Å². The van der Waals surface area contributed by atoms with Gasteiger partial charge in [0.25, 0.3) is 0 Å². The SMILES string of the molecule is O=C1C=C(Oc2ccc(Br)cc2)c2ccccc2C1=O. The van der Waals surface area contributed by atoms with E-state index in [-0.39, 0.29) is 0 Å². The van der Waals surface area contributed by atoms with E-state index in [1.165, 1.54) is 6.08 Å². The molecule has 0 aliphatic heterocycles. The summed E-state index contributed by atoms with van der Waals surface area (Å²) < 4.78 is 6.66. The number of allylic oxidation sites excluding steroid dienone is 1. The lowest BCUT2D eigenvalue weighted by Crippen LogP contribution is -2.20. The van der Waals surface area contributed by atoms with Gasteiger partial charge in [-0.05, 0) is 24.3 Å². The van der Waals surface area contributed by atoms with E-state index in [4.69, 9.17) is 4.74 Å². The highest BCUT2D eigenvalue weighted by molar-refractivity contribution is 9.10. The second kappa shape index (κ2) is 5.06. The molecule has 3 rings (SSSR count). The predicted molar refractivity (Wildman–Crippen MR) is 78.5 cm³/mol. The van der Waals surface area contributed by atoms with Crippen molar-refractivity contribution in [2.24, 2.45) is 0 Å². The summed E-state index contributed by atoms with van der Waals surface area (Å²) in [7, 11) is 0. The molecule has 4 heteroatoms. The predicted octanol–water partition coefficient (Wildman–Crippen LogP) is 3.63. The number of rotatable bonds is 2. The molecule has 0 bridgehead atoms. The molecule has 0 aromatic heterocycles. The Balaban J connectivity index is 2.01. The van der Waals surface area contributed by atoms with Gasteiger partial charge in [0.1, 0.15) is 11.5 Å². The molecule has 0 spiro atoms. The summed E-state index contributed by atoms with van der Waals surface area (Å²) in [6.45, 7) is 0. The first-order valence-corrected chi connectivity index (χ1v) is 6.77. The van der Waals surface area contributed by atoms with Crippen LogP contribution in [0.2, 0.25) is 0 Å². The van der Waals surface area contributed by atoms with Gasteiger partial charge >= 0.3 is 0 Å². The Morgan fingerprint density at radius 2 is 1.50 bits per heavy atom. The maximum Gasteiger partial charge on any atom is 0.233 e. The molecule has 0 radical (unpaired) electrons. The summed E-state index contributed by atoms with van der Waals surface area (Å²) in [5.41, 5.74) is 1.02. The molecule has 0 fully saturated rings. The summed E-state index contributed by atoms with van der Waals surface area (Å²) in [4.78, 5) is 23.5. The van der Waals surface area contributed by atoms with Crippen LogP contribution in [0.25, 0.3) is 5.76 Å². The van der Waals surface area contributed by atoms with Gasteiger partial charge in [-0.1, -0.05) is 40.2 Å². The minimum absolute atomic E-state index is 0.382. The molecule has 98 valence electrons. The molecule has 2 aromatic carbocycles. The van der Waals surface area contributed by atoms with Crippen molar-refractivity contribution in [1.29, 1.82) is 0 Å². The lowest BCUT2D eigenvalue weighted by Gasteiger charge is -2.16. The number of Topliss-reactive ketones (excluding diaryl/α,β-unsaturated/α-hetero) is 1. The van der Waals surface area contributed by atoms with Crippen molar-refractivity contribution in [3.05, 3.63) is 70.2 Å². The third-order valence-electron chi connectivity index (χ3n) is 2.96. The first-order valence-electron chi connectivity index (χ1n) is 5.98. The molecule has 20 heavy (non-hydrogen) atoms. The van der Waals surface area contributed by atoms with Crippen molar-refractivity contribution in [2.45, 2.75) is 0 Å². The van der Waals surface area contributed by atoms with E-state index in [0.717, 1.165) is 4.47 Å². The normalized spacial score (nSPS) is 13.8. The fourth-order valence-electron chi connectivity index (χ4n) is 2.01. The molecular formula is C16H9BrO3. The number of fused-ring (bicyclic) bond motifs is 1. The zero-order chi connectivity index (χ0) is 14.1. The first kappa shape index (κ1) is 12.8. The Hall–Kier alpha value is -2.20. The minimum atomic E-state index is -0.559.